The SMILES string of the molecule is CCCNC(c1cnccn1)C(C)(CC)OCC. The molecule has 2 unspecified atom stereocenters. The number of nitrogens with zero attached hydrogens (tertiary/aromatic N) is 2. The second-order valence-corrected chi connectivity index (χ2v) is 4.62. The first-order valence-electron chi connectivity index (χ1n) is 6.81. The Morgan fingerprint density at radius 3 is 2.61 bits per heavy atom. The summed E-state index contributed by atoms with van der Waals surface area (Å²) in [5.74, 6) is 0. The Morgan fingerprint density at radius 2 is 2.11 bits per heavy atom. The summed E-state index contributed by atoms with van der Waals surface area (Å²) in [4.78, 5) is 8.59. The van der Waals surface area contributed by atoms with Crippen LogP contribution in [0.2, 0.25) is 0 Å². The molecule has 0 bridgehead atoms. The van der Waals surface area contributed by atoms with E-state index in [1.807, 2.05) is 13.1 Å². The molecule has 4 heteroatoms. The monoisotopic (exact) mass is 251 g/mol. The van der Waals surface area contributed by atoms with Crippen molar-refractivity contribution in [1.29, 1.82) is 0 Å². The first-order chi connectivity index (χ1) is 8.68. The summed E-state index contributed by atoms with van der Waals surface area (Å²) in [6.45, 7) is 10.1. The fourth-order valence-electron chi connectivity index (χ4n) is 2.10. The Bertz CT molecular complexity index is 331. The van der Waals surface area contributed by atoms with E-state index in [2.05, 4.69) is 36.1 Å². The lowest BCUT2D eigenvalue weighted by atomic mass is 9.90. The minimum atomic E-state index is -0.250. The zero-order chi connectivity index (χ0) is 13.4. The fraction of sp³-hybridized carbons (Fsp3) is 0.714. The van der Waals surface area contributed by atoms with Gasteiger partial charge in [0.05, 0.1) is 23.5 Å². The highest BCUT2D eigenvalue weighted by atomic mass is 16.5. The Morgan fingerprint density at radius 1 is 1.33 bits per heavy atom. The van der Waals surface area contributed by atoms with Crippen molar-refractivity contribution in [2.45, 2.75) is 52.2 Å². The van der Waals surface area contributed by atoms with Crippen molar-refractivity contribution >= 4 is 0 Å². The van der Waals surface area contributed by atoms with Gasteiger partial charge in [-0.3, -0.25) is 9.97 Å². The van der Waals surface area contributed by atoms with E-state index in [1.54, 1.807) is 12.4 Å². The van der Waals surface area contributed by atoms with Gasteiger partial charge in [-0.2, -0.15) is 0 Å². The van der Waals surface area contributed by atoms with E-state index in [9.17, 15) is 0 Å². The van der Waals surface area contributed by atoms with Gasteiger partial charge < -0.3 is 10.1 Å². The predicted molar refractivity (Wildman–Crippen MR) is 73.4 cm³/mol. The van der Waals surface area contributed by atoms with Crippen molar-refractivity contribution in [3.8, 4) is 0 Å². The van der Waals surface area contributed by atoms with Gasteiger partial charge in [0, 0.05) is 19.0 Å². The lowest BCUT2D eigenvalue weighted by Gasteiger charge is -2.37. The molecular formula is C14H25N3O. The van der Waals surface area contributed by atoms with E-state index < -0.39 is 0 Å². The third-order valence-electron chi connectivity index (χ3n) is 3.26. The van der Waals surface area contributed by atoms with E-state index in [1.165, 1.54) is 0 Å². The molecule has 1 heterocycles. The molecule has 2 atom stereocenters. The number of aromatic nitrogens is 2. The van der Waals surface area contributed by atoms with Gasteiger partial charge in [-0.25, -0.2) is 0 Å². The molecule has 0 radical (unpaired) electrons. The van der Waals surface area contributed by atoms with Gasteiger partial charge in [-0.15, -0.1) is 0 Å². The second-order valence-electron chi connectivity index (χ2n) is 4.62. The Hall–Kier alpha value is -1.00. The summed E-state index contributed by atoms with van der Waals surface area (Å²) in [7, 11) is 0. The van der Waals surface area contributed by atoms with Crippen LogP contribution in [-0.2, 0) is 4.74 Å². The third kappa shape index (κ3) is 3.75. The maximum absolute atomic E-state index is 5.96. The number of ether oxygens (including phenoxy) is 1. The first kappa shape index (κ1) is 15.1. The van der Waals surface area contributed by atoms with Gasteiger partial charge in [0.1, 0.15) is 0 Å². The zero-order valence-corrected chi connectivity index (χ0v) is 11.9. The van der Waals surface area contributed by atoms with Crippen LogP contribution in [-0.4, -0.2) is 28.7 Å². The van der Waals surface area contributed by atoms with Crippen LogP contribution in [0.4, 0.5) is 0 Å². The van der Waals surface area contributed by atoms with Crippen molar-refractivity contribution in [2.24, 2.45) is 0 Å². The Labute approximate surface area is 110 Å². The van der Waals surface area contributed by atoms with Gasteiger partial charge in [0.25, 0.3) is 0 Å². The summed E-state index contributed by atoms with van der Waals surface area (Å²) in [6.07, 6.45) is 7.27. The lowest BCUT2D eigenvalue weighted by molar-refractivity contribution is -0.0573. The van der Waals surface area contributed by atoms with E-state index in [-0.39, 0.29) is 11.6 Å². The van der Waals surface area contributed by atoms with E-state index >= 15 is 0 Å². The summed E-state index contributed by atoms with van der Waals surface area (Å²) >= 11 is 0. The van der Waals surface area contributed by atoms with Crippen LogP contribution in [0.5, 0.6) is 0 Å². The molecule has 1 aromatic heterocycles. The number of nitrogens with one attached hydrogen (secondary N) is 1. The minimum absolute atomic E-state index is 0.0797. The van der Waals surface area contributed by atoms with Crippen LogP contribution < -0.4 is 5.32 Å². The molecule has 0 amide bonds. The minimum Gasteiger partial charge on any atom is -0.374 e. The molecular weight excluding hydrogens is 226 g/mol. The molecule has 1 N–H and O–H groups in total. The summed E-state index contributed by atoms with van der Waals surface area (Å²) < 4.78 is 5.96. The quantitative estimate of drug-likeness (QED) is 0.771. The maximum Gasteiger partial charge on any atom is 0.0861 e. The molecule has 0 aliphatic heterocycles. The van der Waals surface area contributed by atoms with E-state index in [0.717, 1.165) is 25.1 Å². The normalized spacial score (nSPS) is 16.2. The number of hydrogen-bond donors (Lipinski definition) is 1. The zero-order valence-electron chi connectivity index (χ0n) is 11.9. The van der Waals surface area contributed by atoms with Gasteiger partial charge in [-0.1, -0.05) is 13.8 Å². The first-order valence-corrected chi connectivity index (χ1v) is 6.81. The van der Waals surface area contributed by atoms with Crippen molar-refractivity contribution in [1.82, 2.24) is 15.3 Å². The molecule has 0 aromatic carbocycles. The van der Waals surface area contributed by atoms with Crippen LogP contribution in [0.1, 0.15) is 52.3 Å². The fourth-order valence-corrected chi connectivity index (χ4v) is 2.10. The molecule has 0 saturated heterocycles. The average Bonchev–Trinajstić information content (AvgIpc) is 2.40. The highest BCUT2D eigenvalue weighted by Crippen LogP contribution is 2.30. The molecule has 18 heavy (non-hydrogen) atoms. The van der Waals surface area contributed by atoms with Gasteiger partial charge in [0.2, 0.25) is 0 Å². The molecule has 4 nitrogen and oxygen atoms in total. The molecule has 102 valence electrons. The number of rotatable bonds is 8. The van der Waals surface area contributed by atoms with Crippen LogP contribution in [0, 0.1) is 0 Å². The van der Waals surface area contributed by atoms with E-state index in [0.29, 0.717) is 6.61 Å². The van der Waals surface area contributed by atoms with Gasteiger partial charge >= 0.3 is 0 Å². The molecule has 0 spiro atoms. The summed E-state index contributed by atoms with van der Waals surface area (Å²) in [6, 6.07) is 0.0797. The highest BCUT2D eigenvalue weighted by molar-refractivity contribution is 5.09. The lowest BCUT2D eigenvalue weighted by Crippen LogP contribution is -2.44. The molecule has 0 aliphatic carbocycles. The number of hydrogen-bond acceptors (Lipinski definition) is 4. The van der Waals surface area contributed by atoms with Crippen LogP contribution >= 0.6 is 0 Å². The summed E-state index contributed by atoms with van der Waals surface area (Å²) in [5, 5.41) is 3.53. The summed E-state index contributed by atoms with van der Waals surface area (Å²) in [5.41, 5.74) is 0.698. The Kier molecular flexibility index (Phi) is 6.22. The van der Waals surface area contributed by atoms with E-state index in [4.69, 9.17) is 4.74 Å². The predicted octanol–water partition coefficient (Wildman–Crippen LogP) is 2.72. The highest BCUT2D eigenvalue weighted by Gasteiger charge is 2.35. The molecule has 1 rings (SSSR count). The molecule has 0 fully saturated rings. The standard InChI is InChI=1S/C14H25N3O/c1-5-8-17-13(12-11-15-9-10-16-12)14(4,6-2)18-7-3/h9-11,13,17H,5-8H2,1-4H3. The Balaban J connectivity index is 2.96. The topological polar surface area (TPSA) is 47.0 Å². The van der Waals surface area contributed by atoms with Crippen molar-refractivity contribution in [3.05, 3.63) is 24.3 Å². The third-order valence-corrected chi connectivity index (χ3v) is 3.26. The maximum atomic E-state index is 5.96. The molecule has 0 aliphatic rings. The largest absolute Gasteiger partial charge is 0.374 e. The molecule has 0 saturated carbocycles. The van der Waals surface area contributed by atoms with Crippen LogP contribution in [0.3, 0.4) is 0 Å². The molecule has 1 aromatic rings. The van der Waals surface area contributed by atoms with Gasteiger partial charge in [0.15, 0.2) is 0 Å². The second kappa shape index (κ2) is 7.44. The average molecular weight is 251 g/mol. The van der Waals surface area contributed by atoms with Gasteiger partial charge in [-0.05, 0) is 33.2 Å². The van der Waals surface area contributed by atoms with Crippen molar-refractivity contribution in [2.75, 3.05) is 13.2 Å². The van der Waals surface area contributed by atoms with Crippen molar-refractivity contribution in [3.63, 3.8) is 0 Å². The van der Waals surface area contributed by atoms with Crippen LogP contribution in [0.15, 0.2) is 18.6 Å². The van der Waals surface area contributed by atoms with Crippen LogP contribution in [0.25, 0.3) is 0 Å². The van der Waals surface area contributed by atoms with Crippen molar-refractivity contribution < 1.29 is 4.74 Å². The smallest absolute Gasteiger partial charge is 0.0861 e.